The summed E-state index contributed by atoms with van der Waals surface area (Å²) in [4.78, 5) is 29.0. The second-order valence-corrected chi connectivity index (χ2v) is 9.03. The smallest absolute Gasteiger partial charge is 0.407 e. The summed E-state index contributed by atoms with van der Waals surface area (Å²) in [6.45, 7) is 0.120. The molecule has 0 aliphatic heterocycles. The quantitative estimate of drug-likeness (QED) is 0.351. The van der Waals surface area contributed by atoms with Gasteiger partial charge in [0.15, 0.2) is 0 Å². The first-order valence-electron chi connectivity index (χ1n) is 10.9. The predicted octanol–water partition coefficient (Wildman–Crippen LogP) is 5.53. The lowest BCUT2D eigenvalue weighted by Crippen LogP contribution is -2.43. The van der Waals surface area contributed by atoms with E-state index in [9.17, 15) is 14.7 Å². The molecular formula is C27H21BrN2O4. The van der Waals surface area contributed by atoms with Crippen molar-refractivity contribution in [3.05, 3.63) is 100 Å². The molecule has 1 aromatic heterocycles. The first-order chi connectivity index (χ1) is 16.5. The number of nitrogens with one attached hydrogen (secondary N) is 1. The van der Waals surface area contributed by atoms with Crippen LogP contribution in [0.1, 0.15) is 22.6 Å². The Balaban J connectivity index is 1.30. The molecule has 1 aliphatic carbocycles. The number of aromatic nitrogens is 1. The molecule has 170 valence electrons. The van der Waals surface area contributed by atoms with Crippen molar-refractivity contribution >= 4 is 38.9 Å². The first kappa shape index (κ1) is 22.1. The molecule has 5 rings (SSSR count). The number of fused-ring (bicyclic) bond motifs is 4. The van der Waals surface area contributed by atoms with Crippen LogP contribution in [0.25, 0.3) is 22.0 Å². The number of carbonyl (C=O) groups is 2. The van der Waals surface area contributed by atoms with Gasteiger partial charge in [0.2, 0.25) is 0 Å². The Morgan fingerprint density at radius 3 is 2.32 bits per heavy atom. The first-order valence-corrected chi connectivity index (χ1v) is 11.7. The molecule has 0 saturated heterocycles. The van der Waals surface area contributed by atoms with Crippen molar-refractivity contribution in [3.8, 4) is 11.1 Å². The number of carboxylic acid groups (broad SMARTS) is 1. The average molecular weight is 517 g/mol. The van der Waals surface area contributed by atoms with E-state index >= 15 is 0 Å². The third-order valence-electron chi connectivity index (χ3n) is 6.16. The molecule has 1 amide bonds. The number of hydrogen-bond acceptors (Lipinski definition) is 4. The van der Waals surface area contributed by atoms with Gasteiger partial charge in [-0.15, -0.1) is 0 Å². The van der Waals surface area contributed by atoms with Crippen LogP contribution in [0.15, 0.2) is 83.5 Å². The third-order valence-corrected chi connectivity index (χ3v) is 6.85. The minimum Gasteiger partial charge on any atom is -0.480 e. The molecule has 0 bridgehead atoms. The van der Waals surface area contributed by atoms with Gasteiger partial charge in [-0.25, -0.2) is 9.59 Å². The third kappa shape index (κ3) is 4.15. The number of nitrogens with zero attached hydrogens (tertiary/aromatic N) is 1. The molecule has 0 radical (unpaired) electrons. The van der Waals surface area contributed by atoms with E-state index in [-0.39, 0.29) is 18.9 Å². The Hall–Kier alpha value is -3.71. The van der Waals surface area contributed by atoms with Gasteiger partial charge in [0.05, 0.1) is 5.52 Å². The van der Waals surface area contributed by atoms with Crippen LogP contribution >= 0.6 is 15.9 Å². The molecule has 2 N–H and O–H groups in total. The maximum atomic E-state index is 12.6. The normalized spacial score (nSPS) is 13.2. The number of amides is 1. The molecule has 7 heteroatoms. The average Bonchev–Trinajstić information content (AvgIpc) is 3.18. The van der Waals surface area contributed by atoms with Gasteiger partial charge in [-0.1, -0.05) is 76.6 Å². The molecule has 3 aromatic carbocycles. The summed E-state index contributed by atoms with van der Waals surface area (Å²) >= 11 is 3.50. The number of aliphatic carboxylic acids is 1. The minimum atomic E-state index is -1.15. The fourth-order valence-corrected chi connectivity index (χ4v) is 5.02. The summed E-state index contributed by atoms with van der Waals surface area (Å²) in [5.41, 5.74) is 5.87. The Labute approximate surface area is 204 Å². The van der Waals surface area contributed by atoms with Crippen LogP contribution in [0.3, 0.4) is 0 Å². The Morgan fingerprint density at radius 1 is 0.971 bits per heavy atom. The molecule has 1 aliphatic rings. The largest absolute Gasteiger partial charge is 0.480 e. The van der Waals surface area contributed by atoms with Crippen molar-refractivity contribution in [2.24, 2.45) is 0 Å². The topological polar surface area (TPSA) is 88.5 Å². The van der Waals surface area contributed by atoms with Gasteiger partial charge in [0.1, 0.15) is 12.6 Å². The lowest BCUT2D eigenvalue weighted by atomic mass is 9.98. The van der Waals surface area contributed by atoms with Crippen LogP contribution < -0.4 is 5.32 Å². The van der Waals surface area contributed by atoms with Gasteiger partial charge < -0.3 is 15.2 Å². The lowest BCUT2D eigenvalue weighted by Gasteiger charge is -2.18. The zero-order valence-electron chi connectivity index (χ0n) is 18.1. The number of benzene rings is 3. The summed E-state index contributed by atoms with van der Waals surface area (Å²) in [5, 5.41) is 13.1. The van der Waals surface area contributed by atoms with Crippen LogP contribution in [0.4, 0.5) is 4.79 Å². The number of carbonyl (C=O) groups excluding carboxylic acids is 1. The maximum Gasteiger partial charge on any atom is 0.407 e. The van der Waals surface area contributed by atoms with E-state index in [1.165, 1.54) is 0 Å². The number of ether oxygens (including phenoxy) is 1. The number of carboxylic acids is 1. The van der Waals surface area contributed by atoms with Crippen molar-refractivity contribution in [2.75, 3.05) is 6.61 Å². The number of pyridine rings is 1. The fourth-order valence-electron chi connectivity index (χ4n) is 4.56. The Bertz CT molecular complexity index is 1360. The SMILES string of the molecule is O=C(N[C@H](Cc1ccc(Br)c2cccnc12)C(=O)O)OCC1c2ccccc2-c2ccccc21. The molecule has 0 spiro atoms. The van der Waals surface area contributed by atoms with E-state index in [1.54, 1.807) is 6.20 Å². The molecular weight excluding hydrogens is 496 g/mol. The van der Waals surface area contributed by atoms with Gasteiger partial charge >= 0.3 is 12.1 Å². The zero-order valence-corrected chi connectivity index (χ0v) is 19.7. The highest BCUT2D eigenvalue weighted by molar-refractivity contribution is 9.10. The summed E-state index contributed by atoms with van der Waals surface area (Å²) in [5.74, 6) is -1.23. The second-order valence-electron chi connectivity index (χ2n) is 8.17. The van der Waals surface area contributed by atoms with Crippen molar-refractivity contribution in [2.45, 2.75) is 18.4 Å². The van der Waals surface area contributed by atoms with Gasteiger partial charge in [-0.2, -0.15) is 0 Å². The number of hydrogen-bond donors (Lipinski definition) is 2. The van der Waals surface area contributed by atoms with E-state index in [0.29, 0.717) is 5.52 Å². The van der Waals surface area contributed by atoms with Crippen molar-refractivity contribution < 1.29 is 19.4 Å². The fraction of sp³-hybridized carbons (Fsp3) is 0.148. The lowest BCUT2D eigenvalue weighted by molar-refractivity contribution is -0.139. The molecule has 4 aromatic rings. The molecule has 0 fully saturated rings. The zero-order chi connectivity index (χ0) is 23.7. The highest BCUT2D eigenvalue weighted by atomic mass is 79.9. The summed E-state index contributed by atoms with van der Waals surface area (Å²) in [7, 11) is 0. The maximum absolute atomic E-state index is 12.6. The Morgan fingerprint density at radius 2 is 1.65 bits per heavy atom. The van der Waals surface area contributed by atoms with E-state index in [4.69, 9.17) is 4.74 Å². The highest BCUT2D eigenvalue weighted by Crippen LogP contribution is 2.44. The van der Waals surface area contributed by atoms with Crippen molar-refractivity contribution in [3.63, 3.8) is 0 Å². The molecule has 34 heavy (non-hydrogen) atoms. The second kappa shape index (κ2) is 9.27. The van der Waals surface area contributed by atoms with Crippen molar-refractivity contribution in [1.29, 1.82) is 0 Å². The van der Waals surface area contributed by atoms with Crippen LogP contribution in [0, 0.1) is 0 Å². The summed E-state index contributed by atoms with van der Waals surface area (Å²) in [6, 6.07) is 22.3. The van der Waals surface area contributed by atoms with Gasteiger partial charge in [-0.3, -0.25) is 4.98 Å². The number of halogens is 1. The van der Waals surface area contributed by atoms with Crippen LogP contribution in [0.2, 0.25) is 0 Å². The minimum absolute atomic E-state index is 0.0837. The van der Waals surface area contributed by atoms with E-state index in [1.807, 2.05) is 60.7 Å². The van der Waals surface area contributed by atoms with Crippen LogP contribution in [0.5, 0.6) is 0 Å². The Kier molecular flexibility index (Phi) is 6.02. The molecule has 0 unspecified atom stereocenters. The standard InChI is InChI=1S/C27H21BrN2O4/c28-23-12-11-16(25-21(23)10-5-13-29-25)14-24(26(31)32)30-27(33)34-15-22-19-8-3-1-6-17(19)18-7-2-4-9-20(18)22/h1-13,22,24H,14-15H2,(H,30,33)(H,31,32)/t24-/m1/s1. The van der Waals surface area contributed by atoms with E-state index < -0.39 is 18.1 Å². The van der Waals surface area contributed by atoms with Crippen molar-refractivity contribution in [1.82, 2.24) is 10.3 Å². The predicted molar refractivity (Wildman–Crippen MR) is 133 cm³/mol. The highest BCUT2D eigenvalue weighted by Gasteiger charge is 2.30. The summed E-state index contributed by atoms with van der Waals surface area (Å²) in [6.07, 6.45) is 0.983. The van der Waals surface area contributed by atoms with Gasteiger partial charge in [-0.05, 0) is 39.9 Å². The molecule has 1 atom stereocenters. The van der Waals surface area contributed by atoms with Crippen LogP contribution in [-0.2, 0) is 16.0 Å². The molecule has 0 saturated carbocycles. The van der Waals surface area contributed by atoms with Gasteiger partial charge in [0, 0.05) is 28.4 Å². The summed E-state index contributed by atoms with van der Waals surface area (Å²) < 4.78 is 6.40. The number of rotatable bonds is 6. The monoisotopic (exact) mass is 516 g/mol. The van der Waals surface area contributed by atoms with Crippen LogP contribution in [-0.4, -0.2) is 34.8 Å². The van der Waals surface area contributed by atoms with Gasteiger partial charge in [0.25, 0.3) is 0 Å². The van der Waals surface area contributed by atoms with E-state index in [2.05, 4.69) is 38.4 Å². The molecule has 6 nitrogen and oxygen atoms in total. The van der Waals surface area contributed by atoms with E-state index in [0.717, 1.165) is 37.7 Å². The molecule has 1 heterocycles. The number of alkyl carbamates (subject to hydrolysis) is 1.